The summed E-state index contributed by atoms with van der Waals surface area (Å²) in [4.78, 5) is 42.3. The van der Waals surface area contributed by atoms with E-state index in [1.807, 2.05) is 6.07 Å². The summed E-state index contributed by atoms with van der Waals surface area (Å²) < 4.78 is 11.9. The number of ether oxygens (including phenoxy) is 2. The molecule has 0 unspecified atom stereocenters. The van der Waals surface area contributed by atoms with Gasteiger partial charge < -0.3 is 9.47 Å². The van der Waals surface area contributed by atoms with Crippen LogP contribution in [0.5, 0.6) is 11.5 Å². The summed E-state index contributed by atoms with van der Waals surface area (Å²) in [5, 5.41) is 7.03. The van der Waals surface area contributed by atoms with Crippen LogP contribution in [0, 0.1) is 0 Å². The normalized spacial score (nSPS) is 10.7. The zero-order valence-corrected chi connectivity index (χ0v) is 19.4. The van der Waals surface area contributed by atoms with E-state index in [-0.39, 0.29) is 16.9 Å². The molecule has 4 rings (SSSR count). The van der Waals surface area contributed by atoms with Crippen LogP contribution in [0.3, 0.4) is 0 Å². The molecule has 0 saturated carbocycles. The van der Waals surface area contributed by atoms with Gasteiger partial charge in [-0.05, 0) is 25.1 Å². The Bertz CT molecular complexity index is 1450. The van der Waals surface area contributed by atoms with Crippen LogP contribution in [0.1, 0.15) is 27.9 Å². The molecule has 0 spiro atoms. The molecule has 2 amide bonds. The van der Waals surface area contributed by atoms with Crippen molar-refractivity contribution >= 4 is 33.9 Å². The molecule has 2 aromatic heterocycles. The molecule has 4 aromatic rings. The first-order valence-electron chi connectivity index (χ1n) is 10.3. The molecule has 0 fully saturated rings. The van der Waals surface area contributed by atoms with Crippen molar-refractivity contribution in [3.63, 3.8) is 0 Å². The number of para-hydroxylation sites is 1. The third-order valence-electron chi connectivity index (χ3n) is 5.04. The summed E-state index contributed by atoms with van der Waals surface area (Å²) in [5.41, 5.74) is 5.23. The van der Waals surface area contributed by atoms with Gasteiger partial charge in [0.05, 0.1) is 25.2 Å². The molecule has 0 aliphatic carbocycles. The Balaban J connectivity index is 1.54. The predicted molar refractivity (Wildman–Crippen MR) is 127 cm³/mol. The minimum atomic E-state index is -0.656. The smallest absolute Gasteiger partial charge is 0.290 e. The maximum Gasteiger partial charge on any atom is 0.290 e. The molecule has 0 saturated heterocycles. The summed E-state index contributed by atoms with van der Waals surface area (Å²) in [7, 11) is 3.06. The van der Waals surface area contributed by atoms with E-state index in [0.29, 0.717) is 39.4 Å². The molecule has 2 N–H and O–H groups in total. The third kappa shape index (κ3) is 4.20. The van der Waals surface area contributed by atoms with E-state index in [1.54, 1.807) is 48.7 Å². The van der Waals surface area contributed by atoms with E-state index in [2.05, 4.69) is 20.9 Å². The minimum absolute atomic E-state index is 0.0254. The van der Waals surface area contributed by atoms with Gasteiger partial charge in [0.25, 0.3) is 17.4 Å². The van der Waals surface area contributed by atoms with Gasteiger partial charge in [0.15, 0.2) is 17.2 Å². The number of hydrogen-bond acceptors (Lipinski definition) is 8. The van der Waals surface area contributed by atoms with Gasteiger partial charge in [0, 0.05) is 17.3 Å². The van der Waals surface area contributed by atoms with Crippen LogP contribution in [-0.2, 0) is 6.54 Å². The topological polar surface area (TPSA) is 124 Å². The maximum atomic E-state index is 12.8. The number of aromatic nitrogens is 3. The van der Waals surface area contributed by atoms with Crippen molar-refractivity contribution < 1.29 is 19.1 Å². The zero-order chi connectivity index (χ0) is 24.2. The largest absolute Gasteiger partial charge is 0.493 e. The van der Waals surface area contributed by atoms with Crippen LogP contribution in [0.2, 0.25) is 0 Å². The highest BCUT2D eigenvalue weighted by Gasteiger charge is 2.20. The first-order valence-corrected chi connectivity index (χ1v) is 11.1. The lowest BCUT2D eigenvalue weighted by Gasteiger charge is -2.11. The highest BCUT2D eigenvalue weighted by Crippen LogP contribution is 2.38. The van der Waals surface area contributed by atoms with Crippen LogP contribution >= 0.6 is 11.3 Å². The lowest BCUT2D eigenvalue weighted by molar-refractivity contribution is 0.0841. The second kappa shape index (κ2) is 9.71. The van der Waals surface area contributed by atoms with Crippen LogP contribution in [0.4, 0.5) is 0 Å². The Morgan fingerprint density at radius 1 is 1.00 bits per heavy atom. The first kappa shape index (κ1) is 22.9. The van der Waals surface area contributed by atoms with E-state index < -0.39 is 11.8 Å². The van der Waals surface area contributed by atoms with Gasteiger partial charge in [-0.1, -0.05) is 24.3 Å². The Labute approximate surface area is 198 Å². The molecular weight excluding hydrogens is 458 g/mol. The molecule has 2 heterocycles. The quantitative estimate of drug-likeness (QED) is 0.407. The number of hydrazine groups is 1. The fraction of sp³-hybridized carbons (Fsp3) is 0.174. The number of hydrogen-bond donors (Lipinski definition) is 2. The number of aryl methyl sites for hydroxylation is 1. The molecule has 10 nitrogen and oxygen atoms in total. The molecule has 0 aliphatic heterocycles. The fourth-order valence-electron chi connectivity index (χ4n) is 3.41. The van der Waals surface area contributed by atoms with Gasteiger partial charge in [-0.25, -0.2) is 9.67 Å². The number of methoxy groups -OCH3 is 2. The Kier molecular flexibility index (Phi) is 6.55. The van der Waals surface area contributed by atoms with Crippen LogP contribution < -0.4 is 25.9 Å². The number of thiazole rings is 1. The van der Waals surface area contributed by atoms with E-state index in [4.69, 9.17) is 9.47 Å². The van der Waals surface area contributed by atoms with Crippen molar-refractivity contribution in [1.82, 2.24) is 25.6 Å². The van der Waals surface area contributed by atoms with Crippen LogP contribution in [-0.4, -0.2) is 40.8 Å². The Hall–Kier alpha value is -4.25. The summed E-state index contributed by atoms with van der Waals surface area (Å²) in [6, 6.07) is 12.1. The number of benzene rings is 2. The van der Waals surface area contributed by atoms with Gasteiger partial charge in [-0.2, -0.15) is 5.10 Å². The van der Waals surface area contributed by atoms with Gasteiger partial charge in [0.1, 0.15) is 10.7 Å². The third-order valence-corrected chi connectivity index (χ3v) is 5.92. The summed E-state index contributed by atoms with van der Waals surface area (Å²) in [5.74, 6) is -0.215. The van der Waals surface area contributed by atoms with Crippen molar-refractivity contribution in [2.75, 3.05) is 14.2 Å². The number of nitrogens with one attached hydrogen (secondary N) is 2. The summed E-state index contributed by atoms with van der Waals surface area (Å²) >= 11 is 1.25. The monoisotopic (exact) mass is 479 g/mol. The molecule has 2 aromatic carbocycles. The SMILES string of the molecule is CCn1nc(C(=O)NNC(=O)c2csc(-c3cccc(OC)c3OC)n2)c2ccccc2c1=O. The predicted octanol–water partition coefficient (Wildman–Crippen LogP) is 2.63. The minimum Gasteiger partial charge on any atom is -0.493 e. The molecular formula is C23H21N5O5S. The van der Waals surface area contributed by atoms with Crippen molar-refractivity contribution in [3.8, 4) is 22.1 Å². The van der Waals surface area contributed by atoms with E-state index in [0.717, 1.165) is 0 Å². The number of amides is 2. The highest BCUT2D eigenvalue weighted by molar-refractivity contribution is 7.13. The maximum absolute atomic E-state index is 12.8. The lowest BCUT2D eigenvalue weighted by Crippen LogP contribution is -2.43. The van der Waals surface area contributed by atoms with Gasteiger partial charge >= 0.3 is 0 Å². The highest BCUT2D eigenvalue weighted by atomic mass is 32.1. The lowest BCUT2D eigenvalue weighted by atomic mass is 10.1. The summed E-state index contributed by atoms with van der Waals surface area (Å²) in [6.45, 7) is 2.05. The van der Waals surface area contributed by atoms with Crippen molar-refractivity contribution in [3.05, 3.63) is 69.6 Å². The second-order valence-corrected chi connectivity index (χ2v) is 7.86. The van der Waals surface area contributed by atoms with E-state index in [9.17, 15) is 14.4 Å². The van der Waals surface area contributed by atoms with Crippen molar-refractivity contribution in [1.29, 1.82) is 0 Å². The number of fused-ring (bicyclic) bond motifs is 1. The number of rotatable bonds is 6. The second-order valence-electron chi connectivity index (χ2n) is 7.00. The fourth-order valence-corrected chi connectivity index (χ4v) is 4.23. The molecule has 11 heteroatoms. The summed E-state index contributed by atoms with van der Waals surface area (Å²) in [6.07, 6.45) is 0. The first-order chi connectivity index (χ1) is 16.5. The molecule has 0 bridgehead atoms. The number of carbonyl (C=O) groups is 2. The number of carbonyl (C=O) groups excluding carboxylic acids is 2. The Morgan fingerprint density at radius 3 is 2.44 bits per heavy atom. The van der Waals surface area contributed by atoms with E-state index >= 15 is 0 Å². The van der Waals surface area contributed by atoms with Crippen molar-refractivity contribution in [2.45, 2.75) is 13.5 Å². The zero-order valence-electron chi connectivity index (χ0n) is 18.6. The molecule has 0 atom stereocenters. The van der Waals surface area contributed by atoms with Crippen LogP contribution in [0.15, 0.2) is 52.6 Å². The number of nitrogens with zero attached hydrogens (tertiary/aromatic N) is 3. The molecule has 174 valence electrons. The van der Waals surface area contributed by atoms with Gasteiger partial charge in [-0.15, -0.1) is 11.3 Å². The molecule has 34 heavy (non-hydrogen) atoms. The van der Waals surface area contributed by atoms with Crippen LogP contribution in [0.25, 0.3) is 21.3 Å². The van der Waals surface area contributed by atoms with Gasteiger partial charge in [-0.3, -0.25) is 25.2 Å². The average Bonchev–Trinajstić information content (AvgIpc) is 3.37. The Morgan fingerprint density at radius 2 is 1.74 bits per heavy atom. The standard InChI is InChI=1S/C23H21N5O5S/c1-4-28-23(31)14-9-6-5-8-13(14)18(27-28)21(30)26-25-20(29)16-12-34-22(24-16)15-10-7-11-17(32-2)19(15)33-3/h5-12H,4H2,1-3H3,(H,25,29)(H,26,30). The van der Waals surface area contributed by atoms with Gasteiger partial charge in [0.2, 0.25) is 0 Å². The average molecular weight is 480 g/mol. The van der Waals surface area contributed by atoms with Crippen molar-refractivity contribution in [2.24, 2.45) is 0 Å². The molecule has 0 radical (unpaired) electrons. The van der Waals surface area contributed by atoms with E-state index in [1.165, 1.54) is 30.2 Å². The molecule has 0 aliphatic rings.